The highest BCUT2D eigenvalue weighted by atomic mass is 19.1. The molecule has 3 rings (SSSR count). The van der Waals surface area contributed by atoms with E-state index in [1.807, 2.05) is 0 Å². The van der Waals surface area contributed by atoms with Crippen LogP contribution in [0.15, 0.2) is 18.2 Å². The van der Waals surface area contributed by atoms with Gasteiger partial charge in [0.2, 0.25) is 0 Å². The van der Waals surface area contributed by atoms with Crippen molar-refractivity contribution < 1.29 is 14.4 Å². The van der Waals surface area contributed by atoms with Gasteiger partial charge in [0, 0.05) is 23.7 Å². The number of hydroxylamine groups is 1. The molecule has 1 aliphatic heterocycles. The minimum atomic E-state index is -0.684. The van der Waals surface area contributed by atoms with Gasteiger partial charge >= 0.3 is 0 Å². The topological polar surface area (TPSA) is 52.6 Å². The number of hydrogen-bond acceptors (Lipinski definition) is 3. The highest BCUT2D eigenvalue weighted by Gasteiger charge is 2.41. The molecule has 1 amide bonds. The normalized spacial score (nSPS) is 21.8. The maximum atomic E-state index is 14.6. The van der Waals surface area contributed by atoms with Gasteiger partial charge in [0.05, 0.1) is 0 Å². The Hall–Kier alpha value is -1.46. The first-order valence-electron chi connectivity index (χ1n) is 9.06. The molecule has 2 fully saturated rings. The highest BCUT2D eigenvalue weighted by molar-refractivity contribution is 5.93. The van der Waals surface area contributed by atoms with Crippen LogP contribution in [0.25, 0.3) is 0 Å². The van der Waals surface area contributed by atoms with Crippen molar-refractivity contribution in [3.05, 3.63) is 35.1 Å². The van der Waals surface area contributed by atoms with Gasteiger partial charge in [0.1, 0.15) is 5.82 Å². The second-order valence-electron chi connectivity index (χ2n) is 7.38. The van der Waals surface area contributed by atoms with Crippen molar-refractivity contribution >= 4 is 5.91 Å². The molecule has 1 saturated heterocycles. The van der Waals surface area contributed by atoms with Gasteiger partial charge in [-0.25, -0.2) is 9.87 Å². The van der Waals surface area contributed by atoms with Crippen LogP contribution in [-0.2, 0) is 0 Å². The van der Waals surface area contributed by atoms with E-state index < -0.39 is 5.91 Å². The van der Waals surface area contributed by atoms with Crippen LogP contribution >= 0.6 is 0 Å². The largest absolute Gasteiger partial charge is 0.296 e. The molecule has 4 nitrogen and oxygen atoms in total. The number of hydrogen-bond donors (Lipinski definition) is 2. The number of rotatable bonds is 4. The zero-order valence-electron chi connectivity index (χ0n) is 14.4. The number of carbonyl (C=O) groups is 1. The van der Waals surface area contributed by atoms with E-state index in [1.165, 1.54) is 44.6 Å². The van der Waals surface area contributed by atoms with E-state index in [4.69, 9.17) is 5.21 Å². The Balaban J connectivity index is 1.78. The quantitative estimate of drug-likeness (QED) is 0.645. The molecular weight excluding hydrogens is 307 g/mol. The average Bonchev–Trinajstić information content (AvgIpc) is 3.00. The Morgan fingerprint density at radius 2 is 2.08 bits per heavy atom. The molecule has 0 radical (unpaired) electrons. The molecule has 1 aromatic rings. The fourth-order valence-electron chi connectivity index (χ4n) is 4.62. The molecule has 0 bridgehead atoms. The van der Waals surface area contributed by atoms with Crippen LogP contribution in [0.4, 0.5) is 4.39 Å². The van der Waals surface area contributed by atoms with Gasteiger partial charge in [-0.1, -0.05) is 32.3 Å². The lowest BCUT2D eigenvalue weighted by Gasteiger charge is -2.35. The van der Waals surface area contributed by atoms with Crippen LogP contribution in [0.5, 0.6) is 0 Å². The lowest BCUT2D eigenvalue weighted by atomic mass is 9.73. The summed E-state index contributed by atoms with van der Waals surface area (Å²) in [4.78, 5) is 13.9. The van der Waals surface area contributed by atoms with E-state index in [9.17, 15) is 9.18 Å². The van der Waals surface area contributed by atoms with Crippen LogP contribution in [0.1, 0.15) is 73.8 Å². The Bertz CT molecular complexity index is 599. The molecule has 1 aromatic carbocycles. The highest BCUT2D eigenvalue weighted by Crippen LogP contribution is 2.46. The molecule has 132 valence electrons. The van der Waals surface area contributed by atoms with Crippen LogP contribution in [-0.4, -0.2) is 29.1 Å². The minimum absolute atomic E-state index is 0.0533. The number of likely N-dealkylation sites (tertiary alicyclic amines) is 1. The minimum Gasteiger partial charge on any atom is -0.296 e. The summed E-state index contributed by atoms with van der Waals surface area (Å²) in [6.45, 7) is 4.17. The zero-order valence-corrected chi connectivity index (χ0v) is 14.4. The van der Waals surface area contributed by atoms with Gasteiger partial charge in [0.25, 0.3) is 5.91 Å². The number of nitrogens with one attached hydrogen (secondary N) is 1. The Morgan fingerprint density at radius 1 is 1.33 bits per heavy atom. The first-order valence-corrected chi connectivity index (χ1v) is 9.06. The van der Waals surface area contributed by atoms with Crippen LogP contribution in [0.3, 0.4) is 0 Å². The summed E-state index contributed by atoms with van der Waals surface area (Å²) in [6, 6.07) is 4.55. The summed E-state index contributed by atoms with van der Waals surface area (Å²) in [5, 5.41) is 8.69. The molecule has 0 unspecified atom stereocenters. The molecule has 2 N–H and O–H groups in total. The number of benzene rings is 1. The Kier molecular flexibility index (Phi) is 5.21. The van der Waals surface area contributed by atoms with Crippen molar-refractivity contribution in [1.82, 2.24) is 10.4 Å². The zero-order chi connectivity index (χ0) is 17.2. The van der Waals surface area contributed by atoms with E-state index in [-0.39, 0.29) is 17.4 Å². The summed E-state index contributed by atoms with van der Waals surface area (Å²) >= 11 is 0. The standard InChI is InChI=1S/C19H27FN2O2/c1-2-17(15-7-6-14(12-16(15)20)18(23)21-24)22-11-10-19(13-22)8-4-3-5-9-19/h6-7,12,17,24H,2-5,8-11,13H2,1H3,(H,21,23)/t17-/m0/s1. The van der Waals surface area contributed by atoms with Crippen molar-refractivity contribution in [2.75, 3.05) is 13.1 Å². The lowest BCUT2D eigenvalue weighted by Crippen LogP contribution is -2.32. The third kappa shape index (κ3) is 3.33. The second-order valence-corrected chi connectivity index (χ2v) is 7.38. The SMILES string of the molecule is CC[C@@H](c1ccc(C(=O)NO)cc1F)N1CCC2(CCCCC2)C1. The monoisotopic (exact) mass is 334 g/mol. The summed E-state index contributed by atoms with van der Waals surface area (Å²) < 4.78 is 14.6. The molecular formula is C19H27FN2O2. The summed E-state index contributed by atoms with van der Waals surface area (Å²) in [6.07, 6.45) is 8.67. The molecule has 0 aromatic heterocycles. The fraction of sp³-hybridized carbons (Fsp3) is 0.632. The summed E-state index contributed by atoms with van der Waals surface area (Å²) in [7, 11) is 0. The van der Waals surface area contributed by atoms with Gasteiger partial charge in [-0.2, -0.15) is 0 Å². The molecule has 1 spiro atoms. The summed E-state index contributed by atoms with van der Waals surface area (Å²) in [5.41, 5.74) is 2.78. The third-order valence-corrected chi connectivity index (χ3v) is 5.93. The molecule has 24 heavy (non-hydrogen) atoms. The average molecular weight is 334 g/mol. The van der Waals surface area contributed by atoms with Gasteiger partial charge < -0.3 is 0 Å². The predicted octanol–water partition coefficient (Wildman–Crippen LogP) is 4.05. The molecule has 1 saturated carbocycles. The van der Waals surface area contributed by atoms with Crippen molar-refractivity contribution in [2.24, 2.45) is 5.41 Å². The smallest absolute Gasteiger partial charge is 0.274 e. The number of nitrogens with zero attached hydrogens (tertiary/aromatic N) is 1. The predicted molar refractivity (Wildman–Crippen MR) is 90.4 cm³/mol. The van der Waals surface area contributed by atoms with Crippen LogP contribution < -0.4 is 5.48 Å². The van der Waals surface area contributed by atoms with Gasteiger partial charge in [0.15, 0.2) is 0 Å². The maximum Gasteiger partial charge on any atom is 0.274 e. The van der Waals surface area contributed by atoms with Crippen LogP contribution in [0, 0.1) is 11.2 Å². The number of amides is 1. The van der Waals surface area contributed by atoms with Gasteiger partial charge in [-0.3, -0.25) is 14.9 Å². The van der Waals surface area contributed by atoms with Gasteiger partial charge in [-0.15, -0.1) is 0 Å². The van der Waals surface area contributed by atoms with E-state index in [1.54, 1.807) is 17.6 Å². The molecule has 1 heterocycles. The molecule has 2 aliphatic rings. The lowest BCUT2D eigenvalue weighted by molar-refractivity contribution is 0.0705. The van der Waals surface area contributed by atoms with Crippen molar-refractivity contribution in [2.45, 2.75) is 57.9 Å². The molecule has 5 heteroatoms. The van der Waals surface area contributed by atoms with Crippen molar-refractivity contribution in [1.29, 1.82) is 0 Å². The summed E-state index contributed by atoms with van der Waals surface area (Å²) in [5.74, 6) is -1.05. The van der Waals surface area contributed by atoms with E-state index in [0.717, 1.165) is 19.5 Å². The van der Waals surface area contributed by atoms with Crippen molar-refractivity contribution in [3.63, 3.8) is 0 Å². The Morgan fingerprint density at radius 3 is 2.71 bits per heavy atom. The van der Waals surface area contributed by atoms with Crippen LogP contribution in [0.2, 0.25) is 0 Å². The number of carbonyl (C=O) groups excluding carboxylic acids is 1. The fourth-order valence-corrected chi connectivity index (χ4v) is 4.62. The number of halogens is 1. The Labute approximate surface area is 143 Å². The first kappa shape index (κ1) is 17.4. The van der Waals surface area contributed by atoms with E-state index in [2.05, 4.69) is 11.8 Å². The first-order chi connectivity index (χ1) is 11.6. The maximum absolute atomic E-state index is 14.6. The van der Waals surface area contributed by atoms with E-state index in [0.29, 0.717) is 11.0 Å². The van der Waals surface area contributed by atoms with Crippen molar-refractivity contribution in [3.8, 4) is 0 Å². The molecule has 1 atom stereocenters. The van der Waals surface area contributed by atoms with Gasteiger partial charge in [-0.05, 0) is 49.8 Å². The third-order valence-electron chi connectivity index (χ3n) is 5.93. The van der Waals surface area contributed by atoms with E-state index >= 15 is 0 Å². The molecule has 1 aliphatic carbocycles. The second kappa shape index (κ2) is 7.19.